The maximum atomic E-state index is 13.3. The third-order valence-corrected chi connectivity index (χ3v) is 5.93. The maximum absolute atomic E-state index is 13.3. The van der Waals surface area contributed by atoms with Crippen LogP contribution < -0.4 is 0 Å². The molecule has 0 aliphatic carbocycles. The third-order valence-electron chi connectivity index (χ3n) is 4.79. The summed E-state index contributed by atoms with van der Waals surface area (Å²) in [6, 6.07) is 2.91. The minimum absolute atomic E-state index is 0.0669. The molecule has 0 atom stereocenters. The molecular formula is C20H25N3O5S. The third kappa shape index (κ3) is 3.78. The van der Waals surface area contributed by atoms with Gasteiger partial charge in [0.2, 0.25) is 5.88 Å². The van der Waals surface area contributed by atoms with E-state index in [9.17, 15) is 18.3 Å². The van der Waals surface area contributed by atoms with E-state index in [0.29, 0.717) is 41.9 Å². The molecule has 1 aromatic heterocycles. The van der Waals surface area contributed by atoms with Gasteiger partial charge in [-0.05, 0) is 44.9 Å². The van der Waals surface area contributed by atoms with E-state index >= 15 is 0 Å². The summed E-state index contributed by atoms with van der Waals surface area (Å²) in [5.74, 6) is -0.643. The van der Waals surface area contributed by atoms with Crippen LogP contribution >= 0.6 is 0 Å². The number of hydrogen-bond donors (Lipinski definition) is 1. The lowest BCUT2D eigenvalue weighted by Crippen LogP contribution is -2.22. The van der Waals surface area contributed by atoms with E-state index in [1.54, 1.807) is 0 Å². The summed E-state index contributed by atoms with van der Waals surface area (Å²) in [7, 11) is -3.55. The van der Waals surface area contributed by atoms with Crippen LogP contribution in [0, 0.1) is 0 Å². The first kappa shape index (κ1) is 21.0. The summed E-state index contributed by atoms with van der Waals surface area (Å²) in [5, 5.41) is 18.7. The van der Waals surface area contributed by atoms with Crippen molar-refractivity contribution < 1.29 is 23.2 Å². The van der Waals surface area contributed by atoms with Crippen molar-refractivity contribution in [2.75, 3.05) is 12.9 Å². The van der Waals surface area contributed by atoms with Crippen LogP contribution in [-0.4, -0.2) is 47.7 Å². The zero-order chi connectivity index (χ0) is 21.6. The van der Waals surface area contributed by atoms with Crippen LogP contribution in [0.25, 0.3) is 0 Å². The van der Waals surface area contributed by atoms with Crippen LogP contribution in [0.15, 0.2) is 28.4 Å². The highest BCUT2D eigenvalue weighted by atomic mass is 32.2. The number of carbonyl (C=O) groups excluding carboxylic acids is 1. The minimum Gasteiger partial charge on any atom is -0.493 e. The van der Waals surface area contributed by atoms with Gasteiger partial charge >= 0.3 is 0 Å². The second-order valence-corrected chi connectivity index (χ2v) is 9.99. The normalized spacial score (nSPS) is 14.6. The van der Waals surface area contributed by atoms with E-state index < -0.39 is 21.2 Å². The SMILES string of the molecule is CCc1c(C(=O)c2cnn(C(C)(C)C)c2O)ccc(S(C)(=O)=O)c1C1=NOCC1. The summed E-state index contributed by atoms with van der Waals surface area (Å²) in [5.41, 5.74) is 1.36. The Morgan fingerprint density at radius 1 is 1.28 bits per heavy atom. The van der Waals surface area contributed by atoms with E-state index in [-0.39, 0.29) is 16.3 Å². The molecule has 1 N–H and O–H groups in total. The van der Waals surface area contributed by atoms with Gasteiger partial charge in [0.1, 0.15) is 12.2 Å². The second kappa shape index (κ2) is 7.29. The lowest BCUT2D eigenvalue weighted by Gasteiger charge is -2.20. The van der Waals surface area contributed by atoms with Crippen LogP contribution in [0.2, 0.25) is 0 Å². The number of aromatic nitrogens is 2. The number of aromatic hydroxyl groups is 1. The van der Waals surface area contributed by atoms with Gasteiger partial charge in [0.05, 0.1) is 22.3 Å². The van der Waals surface area contributed by atoms with Crippen LogP contribution in [0.3, 0.4) is 0 Å². The Kier molecular flexibility index (Phi) is 5.29. The number of hydrogen-bond acceptors (Lipinski definition) is 7. The van der Waals surface area contributed by atoms with Crippen LogP contribution in [0.5, 0.6) is 5.88 Å². The molecule has 3 rings (SSSR count). The number of oxime groups is 1. The Labute approximate surface area is 170 Å². The Hall–Kier alpha value is -2.68. The molecule has 1 aromatic carbocycles. The number of carbonyl (C=O) groups is 1. The molecule has 1 aliphatic heterocycles. The van der Waals surface area contributed by atoms with E-state index in [0.717, 1.165) is 6.26 Å². The van der Waals surface area contributed by atoms with Crippen molar-refractivity contribution in [2.24, 2.45) is 5.16 Å². The predicted molar refractivity (Wildman–Crippen MR) is 108 cm³/mol. The molecule has 0 saturated heterocycles. The van der Waals surface area contributed by atoms with Crippen LogP contribution in [-0.2, 0) is 26.6 Å². The molecule has 0 spiro atoms. The highest BCUT2D eigenvalue weighted by molar-refractivity contribution is 7.90. The van der Waals surface area contributed by atoms with Gasteiger partial charge in [-0.3, -0.25) is 4.79 Å². The van der Waals surface area contributed by atoms with E-state index in [1.165, 1.54) is 23.0 Å². The van der Waals surface area contributed by atoms with Gasteiger partial charge in [0.25, 0.3) is 0 Å². The molecule has 0 fully saturated rings. The Balaban J connectivity index is 2.22. The van der Waals surface area contributed by atoms with Crippen LogP contribution in [0.1, 0.15) is 61.2 Å². The standard InChI is InChI=1S/C20H25N3O5S/c1-6-12-13(18(24)14-11-21-23(19(14)25)20(2,3)4)7-8-16(29(5,26)27)17(12)15-9-10-28-22-15/h7-8,11,25H,6,9-10H2,1-5H3. The number of rotatable bonds is 5. The Morgan fingerprint density at radius 2 is 1.97 bits per heavy atom. The van der Waals surface area contributed by atoms with Gasteiger partial charge in [0, 0.05) is 23.8 Å². The van der Waals surface area contributed by atoms with Crippen molar-refractivity contribution in [3.05, 3.63) is 40.6 Å². The fraction of sp³-hybridized carbons (Fsp3) is 0.450. The average molecular weight is 420 g/mol. The molecule has 1 aliphatic rings. The van der Waals surface area contributed by atoms with Crippen molar-refractivity contribution >= 4 is 21.3 Å². The first-order valence-corrected chi connectivity index (χ1v) is 11.2. The molecule has 0 amide bonds. The van der Waals surface area contributed by atoms with Crippen molar-refractivity contribution in [3.63, 3.8) is 0 Å². The monoisotopic (exact) mass is 419 g/mol. The van der Waals surface area contributed by atoms with Crippen molar-refractivity contribution in [2.45, 2.75) is 51.0 Å². The topological polar surface area (TPSA) is 111 Å². The zero-order valence-electron chi connectivity index (χ0n) is 17.2. The predicted octanol–water partition coefficient (Wildman–Crippen LogP) is 2.67. The molecular weight excluding hydrogens is 394 g/mol. The van der Waals surface area contributed by atoms with Gasteiger partial charge in [-0.2, -0.15) is 5.10 Å². The lowest BCUT2D eigenvalue weighted by atomic mass is 9.91. The summed E-state index contributed by atoms with van der Waals surface area (Å²) < 4.78 is 26.1. The highest BCUT2D eigenvalue weighted by Crippen LogP contribution is 2.31. The van der Waals surface area contributed by atoms with Gasteiger partial charge in [-0.15, -0.1) is 0 Å². The van der Waals surface area contributed by atoms with Gasteiger partial charge < -0.3 is 9.94 Å². The maximum Gasteiger partial charge on any atom is 0.221 e. The molecule has 29 heavy (non-hydrogen) atoms. The van der Waals surface area contributed by atoms with Gasteiger partial charge in [0.15, 0.2) is 15.6 Å². The van der Waals surface area contributed by atoms with Crippen molar-refractivity contribution in [1.82, 2.24) is 9.78 Å². The first-order valence-electron chi connectivity index (χ1n) is 9.34. The number of nitrogens with zero attached hydrogens (tertiary/aromatic N) is 3. The minimum atomic E-state index is -3.55. The summed E-state index contributed by atoms with van der Waals surface area (Å²) in [4.78, 5) is 18.5. The quantitative estimate of drug-likeness (QED) is 0.746. The number of sulfone groups is 1. The molecule has 2 heterocycles. The zero-order valence-corrected chi connectivity index (χ0v) is 18.0. The first-order chi connectivity index (χ1) is 13.5. The molecule has 2 aromatic rings. The smallest absolute Gasteiger partial charge is 0.221 e. The molecule has 0 saturated carbocycles. The fourth-order valence-corrected chi connectivity index (χ4v) is 4.38. The lowest BCUT2D eigenvalue weighted by molar-refractivity contribution is 0.103. The van der Waals surface area contributed by atoms with E-state index in [1.807, 2.05) is 27.7 Å². The number of ketones is 1. The molecule has 0 unspecified atom stereocenters. The van der Waals surface area contributed by atoms with Crippen LogP contribution in [0.4, 0.5) is 0 Å². The average Bonchev–Trinajstić information content (AvgIpc) is 3.28. The molecule has 9 heteroatoms. The molecule has 8 nitrogen and oxygen atoms in total. The van der Waals surface area contributed by atoms with Gasteiger partial charge in [-0.25, -0.2) is 13.1 Å². The Bertz CT molecular complexity index is 1110. The van der Waals surface area contributed by atoms with E-state index in [4.69, 9.17) is 4.84 Å². The molecule has 0 radical (unpaired) electrons. The Morgan fingerprint density at radius 3 is 2.45 bits per heavy atom. The second-order valence-electron chi connectivity index (χ2n) is 8.01. The summed E-state index contributed by atoms with van der Waals surface area (Å²) >= 11 is 0. The number of benzene rings is 1. The highest BCUT2D eigenvalue weighted by Gasteiger charge is 2.30. The molecule has 156 valence electrons. The largest absolute Gasteiger partial charge is 0.493 e. The molecule has 0 bridgehead atoms. The summed E-state index contributed by atoms with van der Waals surface area (Å²) in [6.07, 6.45) is 3.33. The van der Waals surface area contributed by atoms with Gasteiger partial charge in [-0.1, -0.05) is 12.1 Å². The fourth-order valence-electron chi connectivity index (χ4n) is 3.45. The van der Waals surface area contributed by atoms with E-state index in [2.05, 4.69) is 10.3 Å². The summed E-state index contributed by atoms with van der Waals surface area (Å²) in [6.45, 7) is 7.80. The van der Waals surface area contributed by atoms with Crippen molar-refractivity contribution in [1.29, 1.82) is 0 Å². The van der Waals surface area contributed by atoms with Crippen molar-refractivity contribution in [3.8, 4) is 5.88 Å².